The van der Waals surface area contributed by atoms with Crippen molar-refractivity contribution in [1.82, 2.24) is 9.97 Å². The fourth-order valence-corrected chi connectivity index (χ4v) is 1.60. The molecule has 1 aliphatic heterocycles. The highest BCUT2D eigenvalue weighted by molar-refractivity contribution is 6.28. The summed E-state index contributed by atoms with van der Waals surface area (Å²) in [7, 11) is 0. The van der Waals surface area contributed by atoms with Crippen molar-refractivity contribution in [2.75, 3.05) is 31.2 Å². The minimum Gasteiger partial charge on any atom is -0.378 e. The van der Waals surface area contributed by atoms with Crippen LogP contribution in [0.2, 0.25) is 5.28 Å². The molecular weight excluding hydrogens is 218 g/mol. The van der Waals surface area contributed by atoms with E-state index in [0.29, 0.717) is 37.7 Å². The van der Waals surface area contributed by atoms with Crippen molar-refractivity contribution in [3.63, 3.8) is 0 Å². The summed E-state index contributed by atoms with van der Waals surface area (Å²) in [6.07, 6.45) is 2.17. The van der Waals surface area contributed by atoms with E-state index in [2.05, 4.69) is 9.97 Å². The van der Waals surface area contributed by atoms with E-state index in [1.165, 1.54) is 6.20 Å². The Kier molecular flexibility index (Phi) is 3.13. The van der Waals surface area contributed by atoms with Crippen LogP contribution in [0.5, 0.6) is 0 Å². The van der Waals surface area contributed by atoms with Crippen LogP contribution in [-0.2, 0) is 4.74 Å². The normalized spacial score (nSPS) is 16.5. The van der Waals surface area contributed by atoms with Gasteiger partial charge in [0, 0.05) is 19.3 Å². The predicted octanol–water partition coefficient (Wildman–Crippen LogP) is 0.779. The molecule has 0 aliphatic carbocycles. The van der Waals surface area contributed by atoms with Crippen molar-refractivity contribution in [3.05, 3.63) is 17.0 Å². The number of halogens is 1. The van der Waals surface area contributed by atoms with E-state index in [1.54, 1.807) is 0 Å². The number of aromatic nitrogens is 2. The Morgan fingerprint density at radius 1 is 1.47 bits per heavy atom. The van der Waals surface area contributed by atoms with Crippen LogP contribution >= 0.6 is 11.6 Å². The van der Waals surface area contributed by atoms with Gasteiger partial charge in [0.15, 0.2) is 6.29 Å². The molecule has 0 amide bonds. The van der Waals surface area contributed by atoms with E-state index < -0.39 is 0 Å². The molecule has 80 valence electrons. The molecular formula is C9H10ClN3O2. The highest BCUT2D eigenvalue weighted by atomic mass is 35.5. The number of nitrogens with zero attached hydrogens (tertiary/aromatic N) is 3. The van der Waals surface area contributed by atoms with Gasteiger partial charge in [-0.3, -0.25) is 4.79 Å². The second-order valence-corrected chi connectivity index (χ2v) is 3.47. The summed E-state index contributed by atoms with van der Waals surface area (Å²) in [5.41, 5.74) is 0.460. The molecule has 1 fully saturated rings. The molecule has 1 aromatic heterocycles. The molecule has 0 spiro atoms. The van der Waals surface area contributed by atoms with Crippen LogP contribution in [0.1, 0.15) is 10.4 Å². The molecule has 2 rings (SSSR count). The standard InChI is InChI=1S/C9H10ClN3O2/c10-9-11-5-7(6-14)8(12-9)13-1-3-15-4-2-13/h5-6H,1-4H2. The summed E-state index contributed by atoms with van der Waals surface area (Å²) in [4.78, 5) is 20.6. The van der Waals surface area contributed by atoms with E-state index in [-0.39, 0.29) is 5.28 Å². The Hall–Kier alpha value is -1.20. The molecule has 2 heterocycles. The third-order valence-corrected chi connectivity index (χ3v) is 2.39. The lowest BCUT2D eigenvalue weighted by Crippen LogP contribution is -2.37. The van der Waals surface area contributed by atoms with Gasteiger partial charge in [-0.05, 0) is 11.6 Å². The second-order valence-electron chi connectivity index (χ2n) is 3.14. The maximum atomic E-state index is 10.8. The smallest absolute Gasteiger partial charge is 0.224 e. The van der Waals surface area contributed by atoms with Crippen molar-refractivity contribution >= 4 is 23.7 Å². The number of carbonyl (C=O) groups is 1. The van der Waals surface area contributed by atoms with Crippen LogP contribution in [0.3, 0.4) is 0 Å². The zero-order chi connectivity index (χ0) is 10.7. The quantitative estimate of drug-likeness (QED) is 0.552. The van der Waals surface area contributed by atoms with Gasteiger partial charge in [-0.15, -0.1) is 0 Å². The number of aldehydes is 1. The van der Waals surface area contributed by atoms with E-state index in [4.69, 9.17) is 16.3 Å². The van der Waals surface area contributed by atoms with Crippen LogP contribution in [0.4, 0.5) is 5.82 Å². The fourth-order valence-electron chi connectivity index (χ4n) is 1.47. The Labute approximate surface area is 92.0 Å². The molecule has 1 aromatic rings. The lowest BCUT2D eigenvalue weighted by molar-refractivity contribution is 0.111. The molecule has 0 unspecified atom stereocenters. The fraction of sp³-hybridized carbons (Fsp3) is 0.444. The van der Waals surface area contributed by atoms with Crippen LogP contribution in [-0.4, -0.2) is 42.6 Å². The molecule has 1 saturated heterocycles. The largest absolute Gasteiger partial charge is 0.378 e. The minimum absolute atomic E-state index is 0.155. The molecule has 0 bridgehead atoms. The summed E-state index contributed by atoms with van der Waals surface area (Å²) in [6, 6.07) is 0. The van der Waals surface area contributed by atoms with E-state index in [9.17, 15) is 4.79 Å². The lowest BCUT2D eigenvalue weighted by atomic mass is 10.3. The maximum Gasteiger partial charge on any atom is 0.224 e. The Morgan fingerprint density at radius 2 is 2.20 bits per heavy atom. The zero-order valence-electron chi connectivity index (χ0n) is 8.02. The summed E-state index contributed by atoms with van der Waals surface area (Å²) in [5.74, 6) is 0.591. The zero-order valence-corrected chi connectivity index (χ0v) is 8.78. The first-order valence-electron chi connectivity index (χ1n) is 4.61. The average molecular weight is 228 g/mol. The third-order valence-electron chi connectivity index (χ3n) is 2.20. The van der Waals surface area contributed by atoms with Gasteiger partial charge in [-0.1, -0.05) is 0 Å². The van der Waals surface area contributed by atoms with Gasteiger partial charge in [0.25, 0.3) is 0 Å². The second kappa shape index (κ2) is 4.55. The van der Waals surface area contributed by atoms with Gasteiger partial charge in [0.1, 0.15) is 5.82 Å². The maximum absolute atomic E-state index is 10.8. The van der Waals surface area contributed by atoms with Gasteiger partial charge >= 0.3 is 0 Å². The first kappa shape index (κ1) is 10.3. The molecule has 0 N–H and O–H groups in total. The van der Waals surface area contributed by atoms with Crippen LogP contribution < -0.4 is 4.90 Å². The van der Waals surface area contributed by atoms with Gasteiger partial charge in [0.2, 0.25) is 5.28 Å². The van der Waals surface area contributed by atoms with Crippen molar-refractivity contribution < 1.29 is 9.53 Å². The molecule has 0 radical (unpaired) electrons. The van der Waals surface area contributed by atoms with E-state index >= 15 is 0 Å². The Bertz CT molecular complexity index is 366. The number of ether oxygens (including phenoxy) is 1. The van der Waals surface area contributed by atoms with E-state index in [1.807, 2.05) is 4.90 Å². The molecule has 0 atom stereocenters. The van der Waals surface area contributed by atoms with Crippen molar-refractivity contribution in [2.45, 2.75) is 0 Å². The van der Waals surface area contributed by atoms with Crippen LogP contribution in [0.15, 0.2) is 6.20 Å². The van der Waals surface area contributed by atoms with Crippen LogP contribution in [0, 0.1) is 0 Å². The molecule has 5 nitrogen and oxygen atoms in total. The SMILES string of the molecule is O=Cc1cnc(Cl)nc1N1CCOCC1. The Balaban J connectivity index is 2.31. The number of morpholine rings is 1. The number of rotatable bonds is 2. The topological polar surface area (TPSA) is 55.3 Å². The van der Waals surface area contributed by atoms with E-state index in [0.717, 1.165) is 6.29 Å². The summed E-state index contributed by atoms with van der Waals surface area (Å²) in [5, 5.41) is 0.155. The molecule has 0 saturated carbocycles. The first-order valence-corrected chi connectivity index (χ1v) is 4.99. The predicted molar refractivity (Wildman–Crippen MR) is 55.5 cm³/mol. The van der Waals surface area contributed by atoms with Gasteiger partial charge in [-0.2, -0.15) is 4.98 Å². The average Bonchev–Trinajstić information content (AvgIpc) is 2.30. The highest BCUT2D eigenvalue weighted by Crippen LogP contribution is 2.18. The number of hydrogen-bond acceptors (Lipinski definition) is 5. The molecule has 6 heteroatoms. The summed E-state index contributed by atoms with van der Waals surface area (Å²) < 4.78 is 5.22. The highest BCUT2D eigenvalue weighted by Gasteiger charge is 2.16. The summed E-state index contributed by atoms with van der Waals surface area (Å²) >= 11 is 5.70. The number of hydrogen-bond donors (Lipinski definition) is 0. The molecule has 0 aromatic carbocycles. The molecule has 1 aliphatic rings. The van der Waals surface area contributed by atoms with Gasteiger partial charge in [-0.25, -0.2) is 4.98 Å². The third kappa shape index (κ3) is 2.24. The molecule has 15 heavy (non-hydrogen) atoms. The number of carbonyl (C=O) groups excluding carboxylic acids is 1. The first-order chi connectivity index (χ1) is 7.31. The summed E-state index contributed by atoms with van der Waals surface area (Å²) in [6.45, 7) is 2.71. The van der Waals surface area contributed by atoms with Crippen molar-refractivity contribution in [3.8, 4) is 0 Å². The lowest BCUT2D eigenvalue weighted by Gasteiger charge is -2.28. The number of anilines is 1. The van der Waals surface area contributed by atoms with Crippen molar-refractivity contribution in [1.29, 1.82) is 0 Å². The monoisotopic (exact) mass is 227 g/mol. The Morgan fingerprint density at radius 3 is 2.87 bits per heavy atom. The minimum atomic E-state index is 0.155. The van der Waals surface area contributed by atoms with Gasteiger partial charge in [0.05, 0.1) is 18.8 Å². The van der Waals surface area contributed by atoms with Gasteiger partial charge < -0.3 is 9.64 Å². The van der Waals surface area contributed by atoms with Crippen molar-refractivity contribution in [2.24, 2.45) is 0 Å². The van der Waals surface area contributed by atoms with Crippen LogP contribution in [0.25, 0.3) is 0 Å².